The number of pyridine rings is 1. The van der Waals surface area contributed by atoms with Crippen LogP contribution in [0.3, 0.4) is 0 Å². The van der Waals surface area contributed by atoms with E-state index in [2.05, 4.69) is 21.2 Å². The average Bonchev–Trinajstić information content (AvgIpc) is 3.19. The molecule has 182 valence electrons. The molecule has 0 unspecified atom stereocenters. The van der Waals surface area contributed by atoms with E-state index >= 15 is 0 Å². The van der Waals surface area contributed by atoms with Gasteiger partial charge in [0, 0.05) is 39.5 Å². The first-order valence-electron chi connectivity index (χ1n) is 10.9. The Morgan fingerprint density at radius 3 is 2.53 bits per heavy atom. The second kappa shape index (κ2) is 9.35. The van der Waals surface area contributed by atoms with Crippen molar-refractivity contribution in [3.8, 4) is 22.4 Å². The van der Waals surface area contributed by atoms with Gasteiger partial charge in [0.05, 0.1) is 16.1 Å². The molecule has 0 spiro atoms. The summed E-state index contributed by atoms with van der Waals surface area (Å²) in [7, 11) is 0. The van der Waals surface area contributed by atoms with Gasteiger partial charge < -0.3 is 14.5 Å². The molecule has 0 radical (unpaired) electrons. The number of nitrogens with zero attached hydrogens (tertiary/aromatic N) is 1. The van der Waals surface area contributed by atoms with Crippen molar-refractivity contribution in [1.29, 1.82) is 0 Å². The molecule has 2 aromatic heterocycles. The molecule has 3 heterocycles. The van der Waals surface area contributed by atoms with E-state index in [1.165, 1.54) is 6.92 Å². The average molecular weight is 588 g/mol. The summed E-state index contributed by atoms with van der Waals surface area (Å²) in [6.45, 7) is 2.91. The number of anilines is 1. The van der Waals surface area contributed by atoms with Crippen LogP contribution in [-0.4, -0.2) is 22.6 Å². The molecular formula is C26H17BrCl2N2O5. The number of hydrogen-bond acceptors (Lipinski definition) is 6. The van der Waals surface area contributed by atoms with E-state index in [4.69, 9.17) is 37.3 Å². The monoisotopic (exact) mass is 586 g/mol. The summed E-state index contributed by atoms with van der Waals surface area (Å²) in [6.07, 6.45) is -1.16. The van der Waals surface area contributed by atoms with E-state index in [-0.39, 0.29) is 29.4 Å². The number of carbonyl (C=O) groups is 3. The predicted octanol–water partition coefficient (Wildman–Crippen LogP) is 7.38. The normalized spacial score (nSPS) is 14.6. The highest BCUT2D eigenvalue weighted by atomic mass is 79.9. The van der Waals surface area contributed by atoms with Crippen molar-refractivity contribution < 1.29 is 23.5 Å². The zero-order chi connectivity index (χ0) is 25.7. The summed E-state index contributed by atoms with van der Waals surface area (Å²) in [5.74, 6) is -1.59. The van der Waals surface area contributed by atoms with Crippen molar-refractivity contribution in [2.45, 2.75) is 26.4 Å². The van der Waals surface area contributed by atoms with Crippen LogP contribution in [0, 0.1) is 0 Å². The van der Waals surface area contributed by atoms with Crippen LogP contribution in [0.4, 0.5) is 5.69 Å². The van der Waals surface area contributed by atoms with E-state index in [1.54, 1.807) is 49.4 Å². The molecule has 0 saturated carbocycles. The third kappa shape index (κ3) is 4.09. The Labute approximate surface area is 223 Å². The zero-order valence-electron chi connectivity index (χ0n) is 18.9. The minimum absolute atomic E-state index is 0.0167. The highest BCUT2D eigenvalue weighted by Crippen LogP contribution is 2.49. The number of Topliss-reactive ketones (excluding diaryl/α,β-unsaturated/α-hetero) is 1. The van der Waals surface area contributed by atoms with Crippen molar-refractivity contribution in [3.05, 3.63) is 68.3 Å². The van der Waals surface area contributed by atoms with E-state index in [1.807, 2.05) is 0 Å². The Kier molecular flexibility index (Phi) is 6.36. The summed E-state index contributed by atoms with van der Waals surface area (Å²) in [5, 5.41) is 3.97. The molecule has 2 aromatic carbocycles. The second-order valence-electron chi connectivity index (χ2n) is 8.12. The molecule has 1 aliphatic rings. The van der Waals surface area contributed by atoms with E-state index < -0.39 is 18.0 Å². The van der Waals surface area contributed by atoms with Gasteiger partial charge in [-0.2, -0.15) is 0 Å². The van der Waals surface area contributed by atoms with Crippen LogP contribution in [0.15, 0.2) is 51.4 Å². The third-order valence-electron chi connectivity index (χ3n) is 5.80. The summed E-state index contributed by atoms with van der Waals surface area (Å²) >= 11 is 16.2. The highest BCUT2D eigenvalue weighted by Gasteiger charge is 2.40. The number of amides is 1. The third-order valence-corrected chi connectivity index (χ3v) is 6.86. The first-order chi connectivity index (χ1) is 17.2. The lowest BCUT2D eigenvalue weighted by Crippen LogP contribution is -2.29. The fourth-order valence-corrected chi connectivity index (χ4v) is 5.17. The van der Waals surface area contributed by atoms with Gasteiger partial charge in [-0.3, -0.25) is 14.4 Å². The topological polar surface area (TPSA) is 98.5 Å². The molecule has 10 heteroatoms. The minimum Gasteiger partial charge on any atom is -0.447 e. The van der Waals surface area contributed by atoms with Crippen LogP contribution in [0.25, 0.3) is 33.5 Å². The van der Waals surface area contributed by atoms with Gasteiger partial charge in [0.1, 0.15) is 5.69 Å². The van der Waals surface area contributed by atoms with Crippen LogP contribution >= 0.6 is 39.1 Å². The van der Waals surface area contributed by atoms with Crippen molar-refractivity contribution in [2.24, 2.45) is 0 Å². The largest absolute Gasteiger partial charge is 0.447 e. The number of halogens is 3. The number of carbonyl (C=O) groups excluding carboxylic acids is 3. The highest BCUT2D eigenvalue weighted by molar-refractivity contribution is 9.10. The number of aromatic nitrogens is 1. The Morgan fingerprint density at radius 1 is 1.17 bits per heavy atom. The summed E-state index contributed by atoms with van der Waals surface area (Å²) in [6, 6.07) is 12.2. The van der Waals surface area contributed by atoms with E-state index in [0.717, 1.165) is 4.47 Å². The molecule has 1 aliphatic heterocycles. The maximum absolute atomic E-state index is 13.3. The molecule has 1 N–H and O–H groups in total. The first kappa shape index (κ1) is 24.5. The number of ether oxygens (including phenoxy) is 1. The van der Waals surface area contributed by atoms with Crippen molar-refractivity contribution in [1.82, 2.24) is 4.98 Å². The number of esters is 1. The number of hydrogen-bond donors (Lipinski definition) is 1. The van der Waals surface area contributed by atoms with E-state index in [0.29, 0.717) is 43.4 Å². The van der Waals surface area contributed by atoms with Gasteiger partial charge in [-0.25, -0.2) is 4.98 Å². The quantitative estimate of drug-likeness (QED) is 0.193. The zero-order valence-corrected chi connectivity index (χ0v) is 22.0. The van der Waals surface area contributed by atoms with Gasteiger partial charge >= 0.3 is 5.97 Å². The lowest BCUT2D eigenvalue weighted by Gasteiger charge is -2.26. The lowest BCUT2D eigenvalue weighted by molar-refractivity contribution is -0.152. The van der Waals surface area contributed by atoms with Gasteiger partial charge in [-0.15, -0.1) is 0 Å². The Bertz CT molecular complexity index is 1580. The maximum Gasteiger partial charge on any atom is 0.303 e. The number of furan rings is 1. The number of nitrogens with one attached hydrogen (secondary N) is 1. The fraction of sp³-hybridized carbons (Fsp3) is 0.154. The summed E-state index contributed by atoms with van der Waals surface area (Å²) < 4.78 is 12.2. The van der Waals surface area contributed by atoms with Gasteiger partial charge in [0.15, 0.2) is 11.5 Å². The minimum atomic E-state index is -1.32. The fourth-order valence-electron chi connectivity index (χ4n) is 4.28. The van der Waals surface area contributed by atoms with Crippen LogP contribution in [0.1, 0.15) is 42.5 Å². The molecule has 0 saturated heterocycles. The Balaban J connectivity index is 1.97. The van der Waals surface area contributed by atoms with Gasteiger partial charge in [0.25, 0.3) is 5.91 Å². The molecule has 5 rings (SSSR count). The molecule has 1 amide bonds. The van der Waals surface area contributed by atoms with Crippen molar-refractivity contribution in [3.63, 3.8) is 0 Å². The second-order valence-corrected chi connectivity index (χ2v) is 9.88. The number of rotatable bonds is 5. The SMILES string of the molecule is CCC(=O)c1oc2nc(-c3ccc(Br)cc3Cl)c(-c3ccc(Cl)cc3)c3c2c1NC(=O)[C@H]3OC(C)=O. The summed E-state index contributed by atoms with van der Waals surface area (Å²) in [4.78, 5) is 42.8. The Morgan fingerprint density at radius 2 is 1.89 bits per heavy atom. The standard InChI is InChI=1S/C26H17BrCl2N2O5/c1-3-17(33)23-22-20-19(24(25(34)30-22)35-11(2)32)18(12-4-7-14(28)8-5-12)21(31-26(20)36-23)15-9-6-13(27)10-16(15)29/h4-10,24H,3H2,1-2H3,(H,30,34)/t24-/m0/s1. The van der Waals surface area contributed by atoms with Crippen LogP contribution < -0.4 is 5.32 Å². The first-order valence-corrected chi connectivity index (χ1v) is 12.5. The van der Waals surface area contributed by atoms with Crippen LogP contribution in [0.2, 0.25) is 10.0 Å². The van der Waals surface area contributed by atoms with Gasteiger partial charge in [0.2, 0.25) is 11.8 Å². The number of benzene rings is 2. The van der Waals surface area contributed by atoms with Crippen molar-refractivity contribution >= 4 is 73.6 Å². The predicted molar refractivity (Wildman–Crippen MR) is 140 cm³/mol. The molecule has 4 aromatic rings. The molecular weight excluding hydrogens is 571 g/mol. The van der Waals surface area contributed by atoms with Crippen LogP contribution in [-0.2, 0) is 14.3 Å². The molecule has 0 fully saturated rings. The molecule has 0 aliphatic carbocycles. The number of ketones is 1. The smallest absolute Gasteiger partial charge is 0.303 e. The van der Waals surface area contributed by atoms with Gasteiger partial charge in [-0.05, 0) is 29.8 Å². The molecule has 36 heavy (non-hydrogen) atoms. The van der Waals surface area contributed by atoms with Crippen LogP contribution in [0.5, 0.6) is 0 Å². The van der Waals surface area contributed by atoms with Gasteiger partial charge in [-0.1, -0.05) is 64.3 Å². The lowest BCUT2D eigenvalue weighted by atomic mass is 9.87. The summed E-state index contributed by atoms with van der Waals surface area (Å²) in [5.41, 5.74) is 2.76. The molecule has 0 bridgehead atoms. The Hall–Kier alpha value is -3.20. The maximum atomic E-state index is 13.3. The van der Waals surface area contributed by atoms with Crippen molar-refractivity contribution in [2.75, 3.05) is 5.32 Å². The molecule has 7 nitrogen and oxygen atoms in total. The van der Waals surface area contributed by atoms with E-state index in [9.17, 15) is 14.4 Å². The molecule has 1 atom stereocenters.